The van der Waals surface area contributed by atoms with Crippen LogP contribution < -0.4 is 5.32 Å². The topological polar surface area (TPSA) is 116 Å². The Labute approximate surface area is 110 Å². The molecule has 1 aliphatic heterocycles. The smallest absolute Gasteiger partial charge is 0.338 e. The highest BCUT2D eigenvalue weighted by Crippen LogP contribution is 2.19. The zero-order valence-electron chi connectivity index (χ0n) is 10.7. The van der Waals surface area contributed by atoms with Gasteiger partial charge in [0, 0.05) is 0 Å². The fraction of sp³-hybridized carbons (Fsp3) is 0.667. The summed E-state index contributed by atoms with van der Waals surface area (Å²) in [5, 5.41) is 30.5. The van der Waals surface area contributed by atoms with Crippen LogP contribution in [0.5, 0.6) is 0 Å². The standard InChI is InChI=1S/C12H19NO6/c1-2-3-4-5-6-13-11(17)9(16)10-7(14)8(15)12(18)19-10/h5-10,14-16H,2-4H2,1H3,(H,13,17)/t7-,8+,9-,10+/m1/s1. The second-order valence-corrected chi connectivity index (χ2v) is 4.33. The van der Waals surface area contributed by atoms with Gasteiger partial charge in [0.25, 0.3) is 5.91 Å². The zero-order valence-corrected chi connectivity index (χ0v) is 10.7. The molecular weight excluding hydrogens is 254 g/mol. The number of nitrogens with one attached hydrogen (secondary N) is 1. The Morgan fingerprint density at radius 1 is 1.53 bits per heavy atom. The molecule has 0 saturated carbocycles. The van der Waals surface area contributed by atoms with Crippen molar-refractivity contribution in [3.63, 3.8) is 0 Å². The van der Waals surface area contributed by atoms with Crippen molar-refractivity contribution < 1.29 is 29.6 Å². The third-order valence-corrected chi connectivity index (χ3v) is 2.80. The predicted molar refractivity (Wildman–Crippen MR) is 64.7 cm³/mol. The number of carbonyl (C=O) groups is 2. The molecule has 0 aromatic heterocycles. The summed E-state index contributed by atoms with van der Waals surface area (Å²) in [4.78, 5) is 22.5. The number of allylic oxidation sites excluding steroid dienone is 1. The lowest BCUT2D eigenvalue weighted by atomic mass is 10.1. The minimum atomic E-state index is -1.73. The van der Waals surface area contributed by atoms with E-state index in [0.29, 0.717) is 0 Å². The third-order valence-electron chi connectivity index (χ3n) is 2.80. The lowest BCUT2D eigenvalue weighted by Gasteiger charge is -2.18. The Hall–Kier alpha value is -1.44. The number of unbranched alkanes of at least 4 members (excludes halogenated alkanes) is 2. The summed E-state index contributed by atoms with van der Waals surface area (Å²) in [5.41, 5.74) is 0. The van der Waals surface area contributed by atoms with E-state index in [2.05, 4.69) is 10.1 Å². The molecule has 0 unspecified atom stereocenters. The number of cyclic esters (lactones) is 1. The van der Waals surface area contributed by atoms with Crippen LogP contribution in [-0.2, 0) is 14.3 Å². The maximum absolute atomic E-state index is 11.5. The first-order chi connectivity index (χ1) is 8.99. The highest BCUT2D eigenvalue weighted by atomic mass is 16.6. The molecule has 4 atom stereocenters. The van der Waals surface area contributed by atoms with E-state index < -0.39 is 36.3 Å². The molecule has 7 heteroatoms. The molecule has 1 aliphatic rings. The van der Waals surface area contributed by atoms with Crippen molar-refractivity contribution in [2.45, 2.75) is 50.6 Å². The summed E-state index contributed by atoms with van der Waals surface area (Å²) >= 11 is 0. The van der Waals surface area contributed by atoms with Gasteiger partial charge in [0.1, 0.15) is 6.10 Å². The van der Waals surface area contributed by atoms with E-state index >= 15 is 0 Å². The van der Waals surface area contributed by atoms with Crippen LogP contribution in [0.15, 0.2) is 12.3 Å². The molecule has 1 heterocycles. The molecule has 0 bridgehead atoms. The van der Waals surface area contributed by atoms with Crippen molar-refractivity contribution in [3.05, 3.63) is 12.3 Å². The number of amides is 1. The highest BCUT2D eigenvalue weighted by molar-refractivity contribution is 5.84. The molecule has 1 fully saturated rings. The molecule has 0 spiro atoms. The quantitative estimate of drug-likeness (QED) is 0.357. The molecule has 0 radical (unpaired) electrons. The molecule has 1 rings (SSSR count). The average molecular weight is 273 g/mol. The number of aliphatic hydroxyl groups is 3. The number of rotatable bonds is 6. The normalized spacial score (nSPS) is 28.4. The van der Waals surface area contributed by atoms with Gasteiger partial charge in [0.15, 0.2) is 18.3 Å². The van der Waals surface area contributed by atoms with Crippen molar-refractivity contribution in [1.82, 2.24) is 5.32 Å². The first kappa shape index (κ1) is 15.6. The van der Waals surface area contributed by atoms with E-state index in [4.69, 9.17) is 5.11 Å². The van der Waals surface area contributed by atoms with Gasteiger partial charge in [-0.2, -0.15) is 0 Å². The van der Waals surface area contributed by atoms with E-state index in [1.165, 1.54) is 6.20 Å². The van der Waals surface area contributed by atoms with Gasteiger partial charge in [0.05, 0.1) is 0 Å². The van der Waals surface area contributed by atoms with Gasteiger partial charge in [-0.15, -0.1) is 0 Å². The first-order valence-corrected chi connectivity index (χ1v) is 6.19. The van der Waals surface area contributed by atoms with Crippen molar-refractivity contribution in [3.8, 4) is 0 Å². The van der Waals surface area contributed by atoms with Gasteiger partial charge in [-0.1, -0.05) is 25.8 Å². The van der Waals surface area contributed by atoms with Crippen LogP contribution in [-0.4, -0.2) is 51.6 Å². The minimum absolute atomic E-state index is 0.798. The van der Waals surface area contributed by atoms with E-state index in [1.807, 2.05) is 6.92 Å². The lowest BCUT2D eigenvalue weighted by Crippen LogP contribution is -2.46. The summed E-state index contributed by atoms with van der Waals surface area (Å²) in [6.45, 7) is 2.04. The Bertz CT molecular complexity index is 356. The summed E-state index contributed by atoms with van der Waals surface area (Å²) in [6, 6.07) is 0. The Balaban J connectivity index is 2.44. The molecule has 1 saturated heterocycles. The van der Waals surface area contributed by atoms with E-state index in [-0.39, 0.29) is 0 Å². The van der Waals surface area contributed by atoms with Crippen LogP contribution in [0.3, 0.4) is 0 Å². The van der Waals surface area contributed by atoms with Gasteiger partial charge in [-0.05, 0) is 12.6 Å². The third kappa shape index (κ3) is 4.02. The van der Waals surface area contributed by atoms with E-state index in [0.717, 1.165) is 19.3 Å². The summed E-state index contributed by atoms with van der Waals surface area (Å²) in [7, 11) is 0. The van der Waals surface area contributed by atoms with Crippen LogP contribution in [0.25, 0.3) is 0 Å². The van der Waals surface area contributed by atoms with E-state index in [1.54, 1.807) is 6.08 Å². The average Bonchev–Trinajstić information content (AvgIpc) is 2.65. The van der Waals surface area contributed by atoms with Gasteiger partial charge >= 0.3 is 5.97 Å². The van der Waals surface area contributed by atoms with Crippen LogP contribution in [0.1, 0.15) is 26.2 Å². The first-order valence-electron chi connectivity index (χ1n) is 6.19. The molecule has 7 nitrogen and oxygen atoms in total. The van der Waals surface area contributed by atoms with Crippen LogP contribution in [0.4, 0.5) is 0 Å². The summed E-state index contributed by atoms with van der Waals surface area (Å²) in [5.74, 6) is -1.86. The predicted octanol–water partition coefficient (Wildman–Crippen LogP) is -1.19. The molecule has 0 aliphatic carbocycles. The Morgan fingerprint density at radius 2 is 2.21 bits per heavy atom. The fourth-order valence-corrected chi connectivity index (χ4v) is 1.62. The van der Waals surface area contributed by atoms with Crippen molar-refractivity contribution >= 4 is 11.9 Å². The monoisotopic (exact) mass is 273 g/mol. The van der Waals surface area contributed by atoms with Gasteiger partial charge in [-0.3, -0.25) is 4.79 Å². The lowest BCUT2D eigenvalue weighted by molar-refractivity contribution is -0.153. The van der Waals surface area contributed by atoms with Gasteiger partial charge in [0.2, 0.25) is 0 Å². The number of hydrogen-bond donors (Lipinski definition) is 4. The number of esters is 1. The molecule has 4 N–H and O–H groups in total. The Morgan fingerprint density at radius 3 is 2.74 bits per heavy atom. The number of hydrogen-bond acceptors (Lipinski definition) is 6. The summed E-state index contributed by atoms with van der Waals surface area (Å²) < 4.78 is 4.54. The van der Waals surface area contributed by atoms with Crippen LogP contribution in [0, 0.1) is 0 Å². The molecule has 19 heavy (non-hydrogen) atoms. The van der Waals surface area contributed by atoms with E-state index in [9.17, 15) is 19.8 Å². The molecule has 108 valence electrons. The second kappa shape index (κ2) is 7.22. The number of ether oxygens (including phenoxy) is 1. The second-order valence-electron chi connectivity index (χ2n) is 4.33. The molecule has 1 amide bonds. The Kier molecular flexibility index (Phi) is 5.94. The minimum Gasteiger partial charge on any atom is -0.454 e. The molecule has 0 aromatic carbocycles. The number of carbonyl (C=O) groups excluding carboxylic acids is 2. The fourth-order valence-electron chi connectivity index (χ4n) is 1.62. The number of aliphatic hydroxyl groups excluding tert-OH is 3. The molecule has 0 aromatic rings. The van der Waals surface area contributed by atoms with Gasteiger partial charge < -0.3 is 25.4 Å². The SMILES string of the molecule is CCCCC=CNC(=O)[C@H](O)[C@H]1OC(=O)[C@@H](O)[C@H]1O. The van der Waals surface area contributed by atoms with Gasteiger partial charge in [-0.25, -0.2) is 4.79 Å². The van der Waals surface area contributed by atoms with Crippen molar-refractivity contribution in [2.75, 3.05) is 0 Å². The van der Waals surface area contributed by atoms with Crippen molar-refractivity contribution in [2.24, 2.45) is 0 Å². The highest BCUT2D eigenvalue weighted by Gasteiger charge is 2.48. The van der Waals surface area contributed by atoms with Crippen molar-refractivity contribution in [1.29, 1.82) is 0 Å². The maximum atomic E-state index is 11.5. The largest absolute Gasteiger partial charge is 0.454 e. The summed E-state index contributed by atoms with van der Waals surface area (Å²) in [6.07, 6.45) is -0.584. The van der Waals surface area contributed by atoms with Crippen LogP contribution >= 0.6 is 0 Å². The molecular formula is C12H19NO6. The zero-order chi connectivity index (χ0) is 14.4. The van der Waals surface area contributed by atoms with Crippen LogP contribution in [0.2, 0.25) is 0 Å². The maximum Gasteiger partial charge on any atom is 0.338 e.